The molecular formula is C13H16ClN3O. The quantitative estimate of drug-likeness (QED) is 0.903. The molecule has 2 rings (SSSR count). The van der Waals surface area contributed by atoms with E-state index < -0.39 is 0 Å². The lowest BCUT2D eigenvalue weighted by Gasteiger charge is -2.15. The first kappa shape index (κ1) is 12.9. The van der Waals surface area contributed by atoms with E-state index in [1.165, 1.54) is 5.56 Å². The van der Waals surface area contributed by atoms with Crippen LogP contribution >= 0.6 is 11.6 Å². The number of ether oxygens (including phenoxy) is 1. The van der Waals surface area contributed by atoms with Crippen LogP contribution in [0.25, 0.3) is 0 Å². The van der Waals surface area contributed by atoms with E-state index in [1.807, 2.05) is 12.1 Å². The molecule has 0 fully saturated rings. The van der Waals surface area contributed by atoms with Gasteiger partial charge in [0.2, 0.25) is 0 Å². The van der Waals surface area contributed by atoms with Crippen LogP contribution in [-0.2, 0) is 6.42 Å². The van der Waals surface area contributed by atoms with Crippen molar-refractivity contribution in [2.45, 2.75) is 25.7 Å². The molecule has 1 unspecified atom stereocenters. The molecule has 0 aliphatic carbocycles. The van der Waals surface area contributed by atoms with Gasteiger partial charge >= 0.3 is 0 Å². The largest absolute Gasteiger partial charge is 0.495 e. The molecule has 1 atom stereocenters. The van der Waals surface area contributed by atoms with Crippen molar-refractivity contribution >= 4 is 11.6 Å². The summed E-state index contributed by atoms with van der Waals surface area (Å²) in [6, 6.07) is 5.93. The normalized spacial score (nSPS) is 12.4. The van der Waals surface area contributed by atoms with Crippen molar-refractivity contribution in [1.82, 2.24) is 15.4 Å². The molecule has 1 aromatic carbocycles. The maximum Gasteiger partial charge on any atom is 0.137 e. The number of aromatic amines is 1. The number of nitrogens with zero attached hydrogens (tertiary/aromatic N) is 2. The van der Waals surface area contributed by atoms with E-state index >= 15 is 0 Å². The van der Waals surface area contributed by atoms with Crippen LogP contribution < -0.4 is 4.74 Å². The van der Waals surface area contributed by atoms with Crippen molar-refractivity contribution in [3.8, 4) is 5.75 Å². The van der Waals surface area contributed by atoms with Gasteiger partial charge in [-0.2, -0.15) is 15.4 Å². The van der Waals surface area contributed by atoms with Gasteiger partial charge in [0.05, 0.1) is 24.0 Å². The molecule has 0 spiro atoms. The Kier molecular flexibility index (Phi) is 4.20. The highest BCUT2D eigenvalue weighted by atomic mass is 35.5. The zero-order chi connectivity index (χ0) is 13.0. The summed E-state index contributed by atoms with van der Waals surface area (Å²) in [5.41, 5.74) is 2.17. The second-order valence-electron chi connectivity index (χ2n) is 4.16. The van der Waals surface area contributed by atoms with Crippen LogP contribution in [0.4, 0.5) is 0 Å². The van der Waals surface area contributed by atoms with Crippen molar-refractivity contribution in [2.75, 3.05) is 7.11 Å². The highest BCUT2D eigenvalue weighted by Crippen LogP contribution is 2.31. The molecule has 0 aliphatic heterocycles. The Morgan fingerprint density at radius 1 is 1.44 bits per heavy atom. The number of halogens is 1. The van der Waals surface area contributed by atoms with Gasteiger partial charge in [-0.1, -0.05) is 24.6 Å². The Hall–Kier alpha value is -1.55. The summed E-state index contributed by atoms with van der Waals surface area (Å²) in [5.74, 6) is 1.09. The Balaban J connectivity index is 2.19. The summed E-state index contributed by atoms with van der Waals surface area (Å²) in [5, 5.41) is 11.2. The van der Waals surface area contributed by atoms with Gasteiger partial charge in [0.1, 0.15) is 5.75 Å². The second-order valence-corrected chi connectivity index (χ2v) is 4.57. The molecule has 4 nitrogen and oxygen atoms in total. The number of H-pyrrole nitrogens is 1. The van der Waals surface area contributed by atoms with Gasteiger partial charge in [-0.3, -0.25) is 0 Å². The minimum Gasteiger partial charge on any atom is -0.495 e. The lowest BCUT2D eigenvalue weighted by atomic mass is 9.92. The predicted octanol–water partition coefficient (Wildman–Crippen LogP) is 3.20. The van der Waals surface area contributed by atoms with Gasteiger partial charge in [0, 0.05) is 0 Å². The Bertz CT molecular complexity index is 499. The predicted molar refractivity (Wildman–Crippen MR) is 71.1 cm³/mol. The van der Waals surface area contributed by atoms with Gasteiger partial charge < -0.3 is 4.74 Å². The van der Waals surface area contributed by atoms with E-state index in [2.05, 4.69) is 28.4 Å². The zero-order valence-corrected chi connectivity index (χ0v) is 11.2. The summed E-state index contributed by atoms with van der Waals surface area (Å²) in [7, 11) is 1.62. The van der Waals surface area contributed by atoms with Crippen molar-refractivity contribution in [1.29, 1.82) is 0 Å². The van der Waals surface area contributed by atoms with E-state index in [9.17, 15) is 0 Å². The molecule has 5 heteroatoms. The maximum absolute atomic E-state index is 6.15. The minimum absolute atomic E-state index is 0.388. The molecule has 0 radical (unpaired) electrons. The molecule has 0 saturated heterocycles. The summed E-state index contributed by atoms with van der Waals surface area (Å²) in [6.07, 6.45) is 3.64. The average molecular weight is 266 g/mol. The molecule has 0 amide bonds. The molecule has 1 aromatic heterocycles. The number of methoxy groups -OCH3 is 1. The van der Waals surface area contributed by atoms with Crippen LogP contribution in [-0.4, -0.2) is 22.5 Å². The smallest absolute Gasteiger partial charge is 0.137 e. The van der Waals surface area contributed by atoms with E-state index in [0.29, 0.717) is 16.7 Å². The Morgan fingerprint density at radius 3 is 2.83 bits per heavy atom. The number of hydrogen-bond acceptors (Lipinski definition) is 3. The van der Waals surface area contributed by atoms with Crippen molar-refractivity contribution in [3.63, 3.8) is 0 Å². The van der Waals surface area contributed by atoms with Crippen LogP contribution in [0.15, 0.2) is 24.4 Å². The fourth-order valence-electron chi connectivity index (χ4n) is 2.01. The highest BCUT2D eigenvalue weighted by Gasteiger charge is 2.13. The maximum atomic E-state index is 6.15. The summed E-state index contributed by atoms with van der Waals surface area (Å²) in [6.45, 7) is 2.16. The molecule has 0 bridgehead atoms. The Morgan fingerprint density at radius 2 is 2.28 bits per heavy atom. The molecule has 2 aromatic rings. The van der Waals surface area contributed by atoms with Crippen LogP contribution in [0.2, 0.25) is 5.02 Å². The third-order valence-corrected chi connectivity index (χ3v) is 3.36. The summed E-state index contributed by atoms with van der Waals surface area (Å²) in [4.78, 5) is 0. The van der Waals surface area contributed by atoms with Crippen molar-refractivity contribution in [3.05, 3.63) is 40.7 Å². The molecule has 1 heterocycles. The standard InChI is InChI=1S/C13H16ClN3O/c1-3-9(6-11-8-15-17-16-11)10-4-5-13(18-2)12(14)7-10/h4-5,7-9H,3,6H2,1-2H3,(H,15,16,17). The monoisotopic (exact) mass is 265 g/mol. The third-order valence-electron chi connectivity index (χ3n) is 3.06. The van der Waals surface area contributed by atoms with E-state index in [1.54, 1.807) is 13.3 Å². The molecule has 0 aliphatic rings. The van der Waals surface area contributed by atoms with Gasteiger partial charge in [-0.25, -0.2) is 0 Å². The first-order chi connectivity index (χ1) is 8.74. The second kappa shape index (κ2) is 5.87. The fourth-order valence-corrected chi connectivity index (χ4v) is 2.28. The number of nitrogens with one attached hydrogen (secondary N) is 1. The summed E-state index contributed by atoms with van der Waals surface area (Å²) >= 11 is 6.15. The van der Waals surface area contributed by atoms with Crippen molar-refractivity contribution < 1.29 is 4.74 Å². The fraction of sp³-hybridized carbons (Fsp3) is 0.385. The molecule has 18 heavy (non-hydrogen) atoms. The first-order valence-electron chi connectivity index (χ1n) is 5.92. The number of rotatable bonds is 5. The summed E-state index contributed by atoms with van der Waals surface area (Å²) < 4.78 is 5.16. The molecule has 1 N–H and O–H groups in total. The third kappa shape index (κ3) is 2.82. The van der Waals surface area contributed by atoms with Gasteiger partial charge in [0.15, 0.2) is 0 Å². The SMILES string of the molecule is CCC(Cc1cn[nH]n1)c1ccc(OC)c(Cl)c1. The van der Waals surface area contributed by atoms with Crippen molar-refractivity contribution in [2.24, 2.45) is 0 Å². The average Bonchev–Trinajstić information content (AvgIpc) is 2.88. The zero-order valence-electron chi connectivity index (χ0n) is 10.5. The molecule has 96 valence electrons. The minimum atomic E-state index is 0.388. The lowest BCUT2D eigenvalue weighted by molar-refractivity contribution is 0.414. The molecule has 0 saturated carbocycles. The Labute approximate surface area is 111 Å². The number of benzene rings is 1. The van der Waals surface area contributed by atoms with Crippen LogP contribution in [0.3, 0.4) is 0 Å². The first-order valence-corrected chi connectivity index (χ1v) is 6.30. The topological polar surface area (TPSA) is 50.8 Å². The van der Waals surface area contributed by atoms with Crippen LogP contribution in [0, 0.1) is 0 Å². The number of hydrogen-bond donors (Lipinski definition) is 1. The molecular weight excluding hydrogens is 250 g/mol. The van der Waals surface area contributed by atoms with Gasteiger partial charge in [-0.15, -0.1) is 0 Å². The lowest BCUT2D eigenvalue weighted by Crippen LogP contribution is -2.02. The van der Waals surface area contributed by atoms with Crippen LogP contribution in [0.5, 0.6) is 5.75 Å². The number of aromatic nitrogens is 3. The van der Waals surface area contributed by atoms with Crippen LogP contribution in [0.1, 0.15) is 30.5 Å². The van der Waals surface area contributed by atoms with E-state index in [4.69, 9.17) is 16.3 Å². The highest BCUT2D eigenvalue weighted by molar-refractivity contribution is 6.32. The van der Waals surface area contributed by atoms with E-state index in [-0.39, 0.29) is 0 Å². The van der Waals surface area contributed by atoms with E-state index in [0.717, 1.165) is 18.5 Å². The van der Waals surface area contributed by atoms with Gasteiger partial charge in [0.25, 0.3) is 0 Å². The van der Waals surface area contributed by atoms with Gasteiger partial charge in [-0.05, 0) is 36.5 Å².